The molecule has 8 nitrogen and oxygen atoms in total. The van der Waals surface area contributed by atoms with Gasteiger partial charge in [-0.2, -0.15) is 4.98 Å². The minimum absolute atomic E-state index is 0.0378. The van der Waals surface area contributed by atoms with Crippen LogP contribution >= 0.6 is 0 Å². The number of para-hydroxylation sites is 1. The summed E-state index contributed by atoms with van der Waals surface area (Å²) in [5, 5.41) is 3.19. The van der Waals surface area contributed by atoms with E-state index in [1.165, 1.54) is 0 Å². The number of carbonyl (C=O) groups excluding carboxylic acids is 1. The maximum Gasteiger partial charge on any atom is 0.221 e. The lowest BCUT2D eigenvalue weighted by atomic mass is 9.73. The quantitative estimate of drug-likeness (QED) is 0.596. The summed E-state index contributed by atoms with van der Waals surface area (Å²) in [5.74, 6) is 3.43. The van der Waals surface area contributed by atoms with E-state index >= 15 is 0 Å². The smallest absolute Gasteiger partial charge is 0.221 e. The molecule has 0 unspecified atom stereocenters. The van der Waals surface area contributed by atoms with Gasteiger partial charge in [0, 0.05) is 49.1 Å². The lowest BCUT2D eigenvalue weighted by Gasteiger charge is -2.39. The summed E-state index contributed by atoms with van der Waals surface area (Å²) in [6.07, 6.45) is 2.76. The van der Waals surface area contributed by atoms with Crippen molar-refractivity contribution in [3.63, 3.8) is 0 Å². The number of rotatable bonds is 1. The van der Waals surface area contributed by atoms with Gasteiger partial charge in [-0.1, -0.05) is 24.3 Å². The number of nitrogens with one attached hydrogen (secondary N) is 1. The van der Waals surface area contributed by atoms with E-state index in [4.69, 9.17) is 15.2 Å². The van der Waals surface area contributed by atoms with Crippen LogP contribution in [0.15, 0.2) is 54.7 Å². The molecule has 0 aliphatic carbocycles. The summed E-state index contributed by atoms with van der Waals surface area (Å²) in [6, 6.07) is 15.8. The highest BCUT2D eigenvalue weighted by Crippen LogP contribution is 2.53. The lowest BCUT2D eigenvalue weighted by molar-refractivity contribution is -0.121. The van der Waals surface area contributed by atoms with Crippen molar-refractivity contribution in [3.05, 3.63) is 65.9 Å². The van der Waals surface area contributed by atoms with Crippen molar-refractivity contribution in [2.75, 3.05) is 36.9 Å². The minimum Gasteiger partial charge on any atom is -0.489 e. The van der Waals surface area contributed by atoms with E-state index in [1.807, 2.05) is 42.5 Å². The summed E-state index contributed by atoms with van der Waals surface area (Å²) in [7, 11) is 0. The van der Waals surface area contributed by atoms with Crippen LogP contribution in [0.2, 0.25) is 0 Å². The first-order chi connectivity index (χ1) is 16.1. The van der Waals surface area contributed by atoms with Gasteiger partial charge in [0.05, 0.1) is 6.61 Å². The number of anilines is 2. The van der Waals surface area contributed by atoms with Crippen molar-refractivity contribution in [3.8, 4) is 17.2 Å². The number of hydrogen-bond donors (Lipinski definition) is 2. The first-order valence-electron chi connectivity index (χ1n) is 11.2. The topological polar surface area (TPSA) is 103 Å². The Balaban J connectivity index is 1.44. The van der Waals surface area contributed by atoms with Crippen molar-refractivity contribution in [1.82, 2.24) is 15.3 Å². The molecule has 3 aliphatic heterocycles. The summed E-state index contributed by atoms with van der Waals surface area (Å²) in [5.41, 5.74) is 7.72. The fourth-order valence-corrected chi connectivity index (χ4v) is 5.26. The van der Waals surface area contributed by atoms with E-state index in [0.29, 0.717) is 38.3 Å². The van der Waals surface area contributed by atoms with Gasteiger partial charge in [0.15, 0.2) is 11.5 Å². The van der Waals surface area contributed by atoms with Gasteiger partial charge in [-0.25, -0.2) is 4.98 Å². The van der Waals surface area contributed by atoms with Gasteiger partial charge in [0.2, 0.25) is 11.9 Å². The number of hydrogen-bond acceptors (Lipinski definition) is 7. The standard InChI is InChI=1S/C25H25N5O3/c26-24-27-10-9-21(29-24)30-12-19-18-5-2-6-20-23(18)32-15-25(19,14-30)13-28-22(31)8-7-16-3-1-4-17(11-16)33-20/h1-6,9-11,19H,7-8,12-15H2,(H,28,31)(H2,26,27,29)/t19-,25+/m1/s1. The average molecular weight is 444 g/mol. The highest BCUT2D eigenvalue weighted by atomic mass is 16.5. The SMILES string of the molecule is Nc1nccc(N2C[C@@H]3c4cccc5c4OC[C@]3(CNC(=O)CCc3cccc(c3)O5)C2)n1. The van der Waals surface area contributed by atoms with E-state index in [0.717, 1.165) is 35.0 Å². The molecule has 3 aromatic rings. The van der Waals surface area contributed by atoms with E-state index < -0.39 is 0 Å². The van der Waals surface area contributed by atoms with Crippen LogP contribution in [0, 0.1) is 5.41 Å². The van der Waals surface area contributed by atoms with Crippen molar-refractivity contribution in [1.29, 1.82) is 0 Å². The Morgan fingerprint density at radius 3 is 2.97 bits per heavy atom. The Bertz CT molecular complexity index is 1230. The molecule has 2 aromatic carbocycles. The molecular formula is C25H25N5O3. The second-order valence-corrected chi connectivity index (χ2v) is 9.06. The minimum atomic E-state index is -0.292. The van der Waals surface area contributed by atoms with Crippen LogP contribution in [0.4, 0.5) is 11.8 Å². The molecule has 1 saturated heterocycles. The van der Waals surface area contributed by atoms with Crippen molar-refractivity contribution < 1.29 is 14.3 Å². The largest absolute Gasteiger partial charge is 0.489 e. The van der Waals surface area contributed by atoms with Crippen LogP contribution in [0.5, 0.6) is 17.2 Å². The fourth-order valence-electron chi connectivity index (χ4n) is 5.26. The third-order valence-corrected chi connectivity index (χ3v) is 6.92. The molecule has 1 amide bonds. The lowest BCUT2D eigenvalue weighted by Crippen LogP contribution is -2.48. The van der Waals surface area contributed by atoms with Crippen LogP contribution in [0.1, 0.15) is 23.5 Å². The number of benzene rings is 2. The van der Waals surface area contributed by atoms with Gasteiger partial charge in [-0.05, 0) is 36.2 Å². The molecule has 0 radical (unpaired) electrons. The van der Waals surface area contributed by atoms with Crippen LogP contribution < -0.4 is 25.4 Å². The first-order valence-corrected chi connectivity index (χ1v) is 11.2. The Hall–Kier alpha value is -3.81. The number of ether oxygens (including phenoxy) is 2. The zero-order chi connectivity index (χ0) is 22.4. The van der Waals surface area contributed by atoms with Gasteiger partial charge in [-0.3, -0.25) is 4.79 Å². The molecule has 3 N–H and O–H groups in total. The summed E-state index contributed by atoms with van der Waals surface area (Å²) in [4.78, 5) is 23.4. The Labute approximate surface area is 191 Å². The number of nitrogens with zero attached hydrogens (tertiary/aromatic N) is 3. The van der Waals surface area contributed by atoms with Crippen LogP contribution in [0.3, 0.4) is 0 Å². The molecule has 8 heteroatoms. The summed E-state index contributed by atoms with van der Waals surface area (Å²) >= 11 is 0. The predicted octanol–water partition coefficient (Wildman–Crippen LogP) is 2.90. The van der Waals surface area contributed by atoms with Crippen molar-refractivity contribution >= 4 is 17.7 Å². The number of nitrogens with two attached hydrogens (primary N) is 1. The van der Waals surface area contributed by atoms with E-state index in [9.17, 15) is 4.79 Å². The monoisotopic (exact) mass is 443 g/mol. The second-order valence-electron chi connectivity index (χ2n) is 9.06. The molecule has 4 heterocycles. The third-order valence-electron chi connectivity index (χ3n) is 6.92. The van der Waals surface area contributed by atoms with Crippen molar-refractivity contribution in [2.24, 2.45) is 5.41 Å². The van der Waals surface area contributed by atoms with Crippen LogP contribution in [-0.2, 0) is 11.2 Å². The van der Waals surface area contributed by atoms with Crippen molar-refractivity contribution in [2.45, 2.75) is 18.8 Å². The third kappa shape index (κ3) is 3.51. The number of nitrogen functional groups attached to an aromatic ring is 1. The number of aryl methyl sites for hydroxylation is 1. The van der Waals surface area contributed by atoms with E-state index in [-0.39, 0.29) is 23.2 Å². The Morgan fingerprint density at radius 1 is 1.15 bits per heavy atom. The van der Waals surface area contributed by atoms with Gasteiger partial charge in [-0.15, -0.1) is 0 Å². The molecule has 168 valence electrons. The highest BCUT2D eigenvalue weighted by Gasteiger charge is 2.52. The molecule has 0 saturated carbocycles. The predicted molar refractivity (Wildman–Crippen MR) is 124 cm³/mol. The highest BCUT2D eigenvalue weighted by molar-refractivity contribution is 5.76. The van der Waals surface area contributed by atoms with Crippen LogP contribution in [0.25, 0.3) is 0 Å². The number of aromatic nitrogens is 2. The second kappa shape index (κ2) is 7.65. The van der Waals surface area contributed by atoms with Gasteiger partial charge in [0.1, 0.15) is 11.6 Å². The number of fused-ring (bicyclic) bond motifs is 4. The molecule has 1 aromatic heterocycles. The normalized spacial score (nSPS) is 23.7. The Morgan fingerprint density at radius 2 is 2.06 bits per heavy atom. The number of carbonyl (C=O) groups is 1. The molecule has 2 atom stereocenters. The van der Waals surface area contributed by atoms with E-state index in [1.54, 1.807) is 6.20 Å². The van der Waals surface area contributed by atoms with Crippen LogP contribution in [-0.4, -0.2) is 42.1 Å². The molecular weight excluding hydrogens is 418 g/mol. The average Bonchev–Trinajstić information content (AvgIpc) is 3.22. The Kier molecular flexibility index (Phi) is 4.60. The molecule has 4 bridgehead atoms. The van der Waals surface area contributed by atoms with Gasteiger partial charge in [0.25, 0.3) is 0 Å². The summed E-state index contributed by atoms with van der Waals surface area (Å²) < 4.78 is 12.6. The molecule has 1 spiro atoms. The maximum atomic E-state index is 12.7. The molecule has 6 rings (SSSR count). The van der Waals surface area contributed by atoms with E-state index in [2.05, 4.69) is 26.3 Å². The zero-order valence-electron chi connectivity index (χ0n) is 18.2. The molecule has 1 fully saturated rings. The zero-order valence-corrected chi connectivity index (χ0v) is 18.2. The first kappa shape index (κ1) is 19.8. The number of amides is 1. The maximum absolute atomic E-state index is 12.7. The molecule has 33 heavy (non-hydrogen) atoms. The fraction of sp³-hybridized carbons (Fsp3) is 0.320. The summed E-state index contributed by atoms with van der Waals surface area (Å²) in [6.45, 7) is 2.43. The van der Waals surface area contributed by atoms with Gasteiger partial charge < -0.3 is 25.4 Å². The van der Waals surface area contributed by atoms with Gasteiger partial charge >= 0.3 is 0 Å². The molecule has 3 aliphatic rings.